The third-order valence-corrected chi connectivity index (χ3v) is 0.940. The average molecular weight is 444 g/mol. The van der Waals surface area contributed by atoms with E-state index >= 15 is 0 Å². The monoisotopic (exact) mass is 444 g/mol. The van der Waals surface area contributed by atoms with Crippen LogP contribution in [-0.2, 0) is 19.8 Å². The first-order valence-electron chi connectivity index (χ1n) is 2.41. The minimum atomic E-state index is 0. The molecular formula is C7H10Br2Os. The van der Waals surface area contributed by atoms with Crippen LogP contribution in [0.3, 0.4) is 0 Å². The van der Waals surface area contributed by atoms with Gasteiger partial charge in [-0.15, -0.1) is 34.0 Å². The quantitative estimate of drug-likeness (QED) is 0.577. The van der Waals surface area contributed by atoms with Crippen molar-refractivity contribution in [3.05, 3.63) is 35.9 Å². The maximum absolute atomic E-state index is 2.08. The Hall–Kier alpha value is 0.816. The van der Waals surface area contributed by atoms with Crippen molar-refractivity contribution in [2.45, 2.75) is 6.92 Å². The molecule has 0 nitrogen and oxygen atoms in total. The predicted octanol–water partition coefficient (Wildman–Crippen LogP) is 3.15. The fraction of sp³-hybridized carbons (Fsp3) is 0.143. The Morgan fingerprint density at radius 3 is 1.50 bits per heavy atom. The molecule has 0 fully saturated rings. The molecule has 0 spiro atoms. The zero-order valence-electron chi connectivity index (χ0n) is 5.56. The second kappa shape index (κ2) is 9.82. The van der Waals surface area contributed by atoms with Gasteiger partial charge in [0.1, 0.15) is 0 Å². The molecule has 60 valence electrons. The van der Waals surface area contributed by atoms with Gasteiger partial charge in [-0.2, -0.15) is 0 Å². The van der Waals surface area contributed by atoms with Crippen LogP contribution in [-0.4, -0.2) is 0 Å². The minimum absolute atomic E-state index is 0. The summed E-state index contributed by atoms with van der Waals surface area (Å²) in [4.78, 5) is 0. The van der Waals surface area contributed by atoms with Crippen LogP contribution in [0, 0.1) is 6.92 Å². The number of hydrogen-bond donors (Lipinski definition) is 0. The number of halogens is 2. The number of hydrogen-bond acceptors (Lipinski definition) is 0. The number of aryl methyl sites for hydroxylation is 1. The van der Waals surface area contributed by atoms with E-state index < -0.39 is 0 Å². The molecule has 0 aromatic heterocycles. The molecule has 1 rings (SSSR count). The summed E-state index contributed by atoms with van der Waals surface area (Å²) in [5.41, 5.74) is 1.32. The average Bonchev–Trinajstić information content (AvgIpc) is 1.69. The SMILES string of the molecule is Br.Br.Cc1ccccc1.[Os]. The zero-order chi connectivity index (χ0) is 5.11. The van der Waals surface area contributed by atoms with Crippen LogP contribution < -0.4 is 0 Å². The molecule has 0 unspecified atom stereocenters. The van der Waals surface area contributed by atoms with Crippen LogP contribution >= 0.6 is 34.0 Å². The van der Waals surface area contributed by atoms with Gasteiger partial charge in [0.25, 0.3) is 0 Å². The Bertz CT molecular complexity index is 142. The van der Waals surface area contributed by atoms with Crippen molar-refractivity contribution in [3.8, 4) is 0 Å². The van der Waals surface area contributed by atoms with E-state index in [0.717, 1.165) is 0 Å². The smallest absolute Gasteiger partial charge is 0 e. The summed E-state index contributed by atoms with van der Waals surface area (Å²) in [6.07, 6.45) is 0. The molecule has 0 atom stereocenters. The van der Waals surface area contributed by atoms with Gasteiger partial charge in [-0.05, 0) is 6.92 Å². The molecule has 0 amide bonds. The molecular weight excluding hydrogens is 434 g/mol. The molecule has 0 aliphatic heterocycles. The molecule has 0 saturated carbocycles. The Labute approximate surface area is 96.0 Å². The summed E-state index contributed by atoms with van der Waals surface area (Å²) in [6, 6.07) is 10.3. The van der Waals surface area contributed by atoms with Crippen LogP contribution in [0.5, 0.6) is 0 Å². The van der Waals surface area contributed by atoms with E-state index in [-0.39, 0.29) is 53.8 Å². The summed E-state index contributed by atoms with van der Waals surface area (Å²) in [5, 5.41) is 0. The molecule has 0 bridgehead atoms. The van der Waals surface area contributed by atoms with Crippen LogP contribution in [0.1, 0.15) is 5.56 Å². The van der Waals surface area contributed by atoms with Gasteiger partial charge in [-0.1, -0.05) is 35.9 Å². The van der Waals surface area contributed by atoms with Gasteiger partial charge >= 0.3 is 0 Å². The van der Waals surface area contributed by atoms with Crippen molar-refractivity contribution in [2.75, 3.05) is 0 Å². The van der Waals surface area contributed by atoms with Crippen molar-refractivity contribution in [1.29, 1.82) is 0 Å². The predicted molar refractivity (Wildman–Crippen MR) is 51.8 cm³/mol. The van der Waals surface area contributed by atoms with E-state index in [2.05, 4.69) is 19.1 Å². The molecule has 10 heavy (non-hydrogen) atoms. The number of rotatable bonds is 0. The molecule has 1 aromatic rings. The topological polar surface area (TPSA) is 0 Å². The first-order chi connectivity index (χ1) is 3.39. The zero-order valence-corrected chi connectivity index (χ0v) is 11.5. The third kappa shape index (κ3) is 6.93. The van der Waals surface area contributed by atoms with E-state index in [1.165, 1.54) is 5.56 Å². The van der Waals surface area contributed by atoms with Gasteiger partial charge in [-0.25, -0.2) is 0 Å². The van der Waals surface area contributed by atoms with E-state index in [0.29, 0.717) is 0 Å². The maximum atomic E-state index is 2.08. The Morgan fingerprint density at radius 2 is 1.30 bits per heavy atom. The molecule has 0 radical (unpaired) electrons. The Kier molecular flexibility index (Phi) is 16.7. The van der Waals surface area contributed by atoms with Gasteiger partial charge < -0.3 is 0 Å². The van der Waals surface area contributed by atoms with Crippen molar-refractivity contribution in [1.82, 2.24) is 0 Å². The van der Waals surface area contributed by atoms with Crippen molar-refractivity contribution < 1.29 is 19.8 Å². The van der Waals surface area contributed by atoms with Crippen LogP contribution in [0.4, 0.5) is 0 Å². The second-order valence-corrected chi connectivity index (χ2v) is 1.65. The third-order valence-electron chi connectivity index (χ3n) is 0.940. The molecule has 0 saturated heterocycles. The van der Waals surface area contributed by atoms with Crippen molar-refractivity contribution >= 4 is 34.0 Å². The largest absolute Gasteiger partial charge is 0.114 e. The van der Waals surface area contributed by atoms with Crippen LogP contribution in [0.2, 0.25) is 0 Å². The minimum Gasteiger partial charge on any atom is -0.114 e. The van der Waals surface area contributed by atoms with Gasteiger partial charge in [0.15, 0.2) is 0 Å². The van der Waals surface area contributed by atoms with Gasteiger partial charge in [0.05, 0.1) is 0 Å². The molecule has 0 aliphatic carbocycles. The van der Waals surface area contributed by atoms with Crippen molar-refractivity contribution in [3.63, 3.8) is 0 Å². The normalized spacial score (nSPS) is 6.10. The van der Waals surface area contributed by atoms with Gasteiger partial charge in [0, 0.05) is 19.8 Å². The van der Waals surface area contributed by atoms with Crippen LogP contribution in [0.15, 0.2) is 30.3 Å². The first-order valence-corrected chi connectivity index (χ1v) is 2.41. The molecule has 0 aliphatic rings. The fourth-order valence-electron chi connectivity index (χ4n) is 0.534. The van der Waals surface area contributed by atoms with E-state index in [1.807, 2.05) is 18.2 Å². The second-order valence-electron chi connectivity index (χ2n) is 1.65. The molecule has 0 heterocycles. The molecule has 1 aromatic carbocycles. The fourth-order valence-corrected chi connectivity index (χ4v) is 0.534. The van der Waals surface area contributed by atoms with Gasteiger partial charge in [-0.3, -0.25) is 0 Å². The van der Waals surface area contributed by atoms with Gasteiger partial charge in [0.2, 0.25) is 0 Å². The summed E-state index contributed by atoms with van der Waals surface area (Å²) in [6.45, 7) is 2.08. The maximum Gasteiger partial charge on any atom is 0 e. The van der Waals surface area contributed by atoms with Crippen molar-refractivity contribution in [2.24, 2.45) is 0 Å². The summed E-state index contributed by atoms with van der Waals surface area (Å²) in [5.74, 6) is 0. The Morgan fingerprint density at radius 1 is 0.900 bits per heavy atom. The molecule has 0 N–H and O–H groups in total. The summed E-state index contributed by atoms with van der Waals surface area (Å²) >= 11 is 0. The number of benzene rings is 1. The Balaban J connectivity index is -0.000000163. The van der Waals surface area contributed by atoms with E-state index in [4.69, 9.17) is 0 Å². The summed E-state index contributed by atoms with van der Waals surface area (Å²) < 4.78 is 0. The van der Waals surface area contributed by atoms with E-state index in [1.54, 1.807) is 0 Å². The summed E-state index contributed by atoms with van der Waals surface area (Å²) in [7, 11) is 0. The van der Waals surface area contributed by atoms with E-state index in [9.17, 15) is 0 Å². The molecule has 3 heteroatoms. The standard InChI is InChI=1S/C7H8.2BrH.Os/c1-7-5-3-2-4-6-7;;;/h2-6H,1H3;2*1H;. The van der Waals surface area contributed by atoms with Crippen LogP contribution in [0.25, 0.3) is 0 Å². The first kappa shape index (κ1) is 17.1.